The van der Waals surface area contributed by atoms with Gasteiger partial charge in [-0.1, -0.05) is 49.3 Å². The molecule has 4 aromatic rings. The molecule has 1 aliphatic heterocycles. The van der Waals surface area contributed by atoms with Crippen LogP contribution in [0.3, 0.4) is 0 Å². The molecule has 0 spiro atoms. The predicted octanol–water partition coefficient (Wildman–Crippen LogP) is 7.51. The van der Waals surface area contributed by atoms with Crippen molar-refractivity contribution in [2.24, 2.45) is 0 Å². The van der Waals surface area contributed by atoms with Gasteiger partial charge >= 0.3 is 5.91 Å². The van der Waals surface area contributed by atoms with Crippen molar-refractivity contribution in [3.8, 4) is 11.5 Å². The molecule has 1 aliphatic rings. The Morgan fingerprint density at radius 2 is 1.63 bits per heavy atom. The Morgan fingerprint density at radius 3 is 2.32 bits per heavy atom. The van der Waals surface area contributed by atoms with Crippen molar-refractivity contribution in [1.82, 2.24) is 4.98 Å². The van der Waals surface area contributed by atoms with Crippen LogP contribution in [0.2, 0.25) is 0 Å². The number of hydrogen-bond donors (Lipinski definition) is 1. The molecule has 2 heterocycles. The van der Waals surface area contributed by atoms with Crippen molar-refractivity contribution in [1.29, 1.82) is 0 Å². The number of amides is 1. The van der Waals surface area contributed by atoms with Crippen LogP contribution in [0.25, 0.3) is 16.0 Å². The summed E-state index contributed by atoms with van der Waals surface area (Å²) >= 11 is 1.36. The molecule has 1 amide bonds. The van der Waals surface area contributed by atoms with E-state index in [4.69, 9.17) is 14.5 Å². The molecular formula is C33H34N2O5S. The van der Waals surface area contributed by atoms with Gasteiger partial charge in [-0.05, 0) is 86.3 Å². The molecule has 212 valence electrons. The Labute approximate surface area is 244 Å². The molecule has 0 radical (unpaired) electrons. The molecule has 7 nitrogen and oxygen atoms in total. The number of unbranched alkanes of at least 4 members (excludes halogenated alkanes) is 2. The first kappa shape index (κ1) is 28.4. The van der Waals surface area contributed by atoms with Crippen LogP contribution in [-0.2, 0) is 9.59 Å². The molecule has 41 heavy (non-hydrogen) atoms. The Hall–Kier alpha value is -4.17. The van der Waals surface area contributed by atoms with Crippen molar-refractivity contribution in [2.75, 3.05) is 18.1 Å². The lowest BCUT2D eigenvalue weighted by Crippen LogP contribution is -2.29. The van der Waals surface area contributed by atoms with Crippen LogP contribution in [0.15, 0.2) is 66.2 Å². The number of ketones is 1. The number of ether oxygens (including phenoxy) is 2. The number of fused-ring (bicyclic) bond motifs is 1. The highest BCUT2D eigenvalue weighted by Crippen LogP contribution is 2.45. The molecule has 1 N–H and O–H groups in total. The van der Waals surface area contributed by atoms with Gasteiger partial charge in [0.25, 0.3) is 5.78 Å². The lowest BCUT2D eigenvalue weighted by atomic mass is 9.95. The van der Waals surface area contributed by atoms with Crippen LogP contribution < -0.4 is 14.4 Å². The van der Waals surface area contributed by atoms with Gasteiger partial charge in [-0.15, -0.1) is 0 Å². The van der Waals surface area contributed by atoms with Gasteiger partial charge < -0.3 is 14.6 Å². The van der Waals surface area contributed by atoms with Crippen LogP contribution in [-0.4, -0.2) is 35.0 Å². The molecule has 0 aliphatic carbocycles. The van der Waals surface area contributed by atoms with Crippen LogP contribution in [0.5, 0.6) is 11.5 Å². The van der Waals surface area contributed by atoms with E-state index in [1.165, 1.54) is 16.2 Å². The van der Waals surface area contributed by atoms with Crippen LogP contribution >= 0.6 is 11.3 Å². The summed E-state index contributed by atoms with van der Waals surface area (Å²) in [6.07, 6.45) is 3.18. The van der Waals surface area contributed by atoms with Crippen LogP contribution in [0, 0.1) is 13.8 Å². The molecule has 3 aromatic carbocycles. The lowest BCUT2D eigenvalue weighted by molar-refractivity contribution is -0.132. The topological polar surface area (TPSA) is 89.0 Å². The summed E-state index contributed by atoms with van der Waals surface area (Å²) < 4.78 is 12.3. The van der Waals surface area contributed by atoms with E-state index in [1.807, 2.05) is 57.2 Å². The number of aliphatic hydroxyl groups excluding tert-OH is 1. The lowest BCUT2D eigenvalue weighted by Gasteiger charge is -2.23. The molecular weight excluding hydrogens is 536 g/mol. The van der Waals surface area contributed by atoms with E-state index in [1.54, 1.807) is 24.3 Å². The first-order valence-electron chi connectivity index (χ1n) is 14.0. The molecule has 1 atom stereocenters. The third-order valence-corrected chi connectivity index (χ3v) is 8.12. The minimum absolute atomic E-state index is 0.0166. The second-order valence-electron chi connectivity index (χ2n) is 10.2. The number of rotatable bonds is 10. The zero-order valence-electron chi connectivity index (χ0n) is 23.8. The maximum atomic E-state index is 13.6. The Morgan fingerprint density at radius 1 is 0.951 bits per heavy atom. The molecule has 1 aromatic heterocycles. The summed E-state index contributed by atoms with van der Waals surface area (Å²) in [4.78, 5) is 33.4. The number of carbonyl (C=O) groups excluding carboxylic acids is 2. The molecule has 1 fully saturated rings. The first-order valence-corrected chi connectivity index (χ1v) is 14.8. The second kappa shape index (κ2) is 12.1. The van der Waals surface area contributed by atoms with E-state index in [9.17, 15) is 14.7 Å². The number of nitrogens with zero attached hydrogens (tertiary/aromatic N) is 2. The van der Waals surface area contributed by atoms with Gasteiger partial charge in [0.05, 0.1) is 35.0 Å². The third kappa shape index (κ3) is 5.70. The van der Waals surface area contributed by atoms with E-state index in [0.29, 0.717) is 41.0 Å². The quantitative estimate of drug-likeness (QED) is 0.0919. The highest BCUT2D eigenvalue weighted by molar-refractivity contribution is 7.22. The van der Waals surface area contributed by atoms with Gasteiger partial charge in [-0.2, -0.15) is 0 Å². The molecule has 8 heteroatoms. The summed E-state index contributed by atoms with van der Waals surface area (Å²) in [5, 5.41) is 11.9. The van der Waals surface area contributed by atoms with E-state index in [2.05, 4.69) is 6.92 Å². The van der Waals surface area contributed by atoms with Gasteiger partial charge in [0, 0.05) is 5.56 Å². The number of benzene rings is 3. The van der Waals surface area contributed by atoms with Crippen molar-refractivity contribution >= 4 is 44.1 Å². The largest absolute Gasteiger partial charge is 0.507 e. The maximum absolute atomic E-state index is 13.6. The Kier molecular flexibility index (Phi) is 8.40. The number of aliphatic hydroxyl groups is 1. The molecule has 1 saturated heterocycles. The van der Waals surface area contributed by atoms with Gasteiger partial charge in [0.1, 0.15) is 17.3 Å². The third-order valence-electron chi connectivity index (χ3n) is 7.12. The second-order valence-corrected chi connectivity index (χ2v) is 11.2. The summed E-state index contributed by atoms with van der Waals surface area (Å²) in [6.45, 7) is 9.16. The monoisotopic (exact) mass is 570 g/mol. The SMILES string of the molecule is CCCCCOc1ccc(C2/C(=C(\O)c3ccc(OCC)cc3)C(=O)C(=O)N2c2nc3c(C)cc(C)cc3s2)cc1. The van der Waals surface area contributed by atoms with E-state index in [0.717, 1.165) is 40.6 Å². The van der Waals surface area contributed by atoms with Crippen molar-refractivity contribution < 1.29 is 24.2 Å². The fourth-order valence-electron chi connectivity index (χ4n) is 5.13. The number of aryl methyl sites for hydroxylation is 2. The van der Waals surface area contributed by atoms with E-state index >= 15 is 0 Å². The number of thiazole rings is 1. The minimum Gasteiger partial charge on any atom is -0.507 e. The Bertz CT molecular complexity index is 1610. The first-order chi connectivity index (χ1) is 19.8. The highest BCUT2D eigenvalue weighted by Gasteiger charge is 2.48. The average Bonchev–Trinajstić information content (AvgIpc) is 3.50. The van der Waals surface area contributed by atoms with Gasteiger partial charge in [-0.3, -0.25) is 14.5 Å². The smallest absolute Gasteiger partial charge is 0.301 e. The predicted molar refractivity (Wildman–Crippen MR) is 163 cm³/mol. The molecule has 0 saturated carbocycles. The van der Waals surface area contributed by atoms with Crippen molar-refractivity contribution in [2.45, 2.75) is 53.0 Å². The summed E-state index contributed by atoms with van der Waals surface area (Å²) in [5.41, 5.74) is 3.98. The minimum atomic E-state index is -0.863. The highest BCUT2D eigenvalue weighted by atomic mass is 32.1. The standard InChI is InChI=1S/C33H34N2O5S/c1-5-7-8-17-40-25-13-9-22(10-14-25)29-27(30(36)23-11-15-24(16-12-23)39-6-2)31(37)32(38)35(29)33-34-28-21(4)18-20(3)19-26(28)41-33/h9-16,18-19,29,36H,5-8,17H2,1-4H3/b30-27+. The van der Waals surface area contributed by atoms with Crippen molar-refractivity contribution in [3.63, 3.8) is 0 Å². The normalized spacial score (nSPS) is 16.5. The maximum Gasteiger partial charge on any atom is 0.301 e. The number of Topliss-reactive ketones (excluding diaryl/α,β-unsaturated/α-hetero) is 1. The number of aromatic nitrogens is 1. The number of hydrogen-bond acceptors (Lipinski definition) is 7. The fraction of sp³-hybridized carbons (Fsp3) is 0.303. The summed E-state index contributed by atoms with van der Waals surface area (Å²) in [6, 6.07) is 17.4. The number of anilines is 1. The summed E-state index contributed by atoms with van der Waals surface area (Å²) in [5.74, 6) is -0.369. The van der Waals surface area contributed by atoms with Crippen molar-refractivity contribution in [3.05, 3.63) is 88.5 Å². The van der Waals surface area contributed by atoms with E-state index in [-0.39, 0.29) is 11.3 Å². The number of carbonyl (C=O) groups is 2. The van der Waals surface area contributed by atoms with Gasteiger partial charge in [-0.25, -0.2) is 4.98 Å². The average molecular weight is 571 g/mol. The van der Waals surface area contributed by atoms with Gasteiger partial charge in [0.15, 0.2) is 5.13 Å². The van der Waals surface area contributed by atoms with Gasteiger partial charge in [0.2, 0.25) is 0 Å². The molecule has 0 bridgehead atoms. The molecule has 1 unspecified atom stereocenters. The van der Waals surface area contributed by atoms with Crippen LogP contribution in [0.4, 0.5) is 5.13 Å². The fourth-order valence-corrected chi connectivity index (χ4v) is 6.30. The zero-order valence-corrected chi connectivity index (χ0v) is 24.6. The molecule has 5 rings (SSSR count). The Balaban J connectivity index is 1.60. The van der Waals surface area contributed by atoms with Crippen LogP contribution in [0.1, 0.15) is 61.4 Å². The van der Waals surface area contributed by atoms with E-state index < -0.39 is 17.7 Å². The summed E-state index contributed by atoms with van der Waals surface area (Å²) in [7, 11) is 0. The zero-order chi connectivity index (χ0) is 29.1.